The molecule has 0 aromatic heterocycles. The van der Waals surface area contributed by atoms with E-state index < -0.39 is 97.5 Å². The lowest BCUT2D eigenvalue weighted by atomic mass is 9.99. The molecule has 0 aliphatic carbocycles. The molecule has 0 heterocycles. The lowest BCUT2D eigenvalue weighted by molar-refractivity contribution is -0.161. The molecule has 0 amide bonds. The van der Waals surface area contributed by atoms with Gasteiger partial charge in [0.2, 0.25) is 0 Å². The normalized spacial score (nSPS) is 14.5. The molecule has 0 radical (unpaired) electrons. The van der Waals surface area contributed by atoms with Crippen molar-refractivity contribution in [2.75, 3.05) is 39.6 Å². The van der Waals surface area contributed by atoms with Gasteiger partial charge in [-0.05, 0) is 69.1 Å². The summed E-state index contributed by atoms with van der Waals surface area (Å²) in [6, 6.07) is 0. The first-order chi connectivity index (χ1) is 46.8. The van der Waals surface area contributed by atoms with E-state index >= 15 is 0 Å². The van der Waals surface area contributed by atoms with Gasteiger partial charge < -0.3 is 33.8 Å². The summed E-state index contributed by atoms with van der Waals surface area (Å²) in [4.78, 5) is 72.8. The lowest BCUT2D eigenvalue weighted by Crippen LogP contribution is -2.30. The molecule has 0 spiro atoms. The number of esters is 4. The second-order valence-electron chi connectivity index (χ2n) is 28.6. The summed E-state index contributed by atoms with van der Waals surface area (Å²) in [5, 5.41) is 10.6. The van der Waals surface area contributed by atoms with Crippen LogP contribution in [0.5, 0.6) is 0 Å². The van der Waals surface area contributed by atoms with Crippen LogP contribution in [0.25, 0.3) is 0 Å². The quantitative estimate of drug-likeness (QED) is 0.0169. The number of phosphoric ester groups is 2. The van der Waals surface area contributed by atoms with Gasteiger partial charge in [0, 0.05) is 25.7 Å². The second kappa shape index (κ2) is 68.0. The Kier molecular flexibility index (Phi) is 66.3. The average molecular weight is 1420 g/mol. The van der Waals surface area contributed by atoms with E-state index in [1.54, 1.807) is 0 Å². The standard InChI is InChI=1S/C78H148O17P2/c1-8-10-11-12-13-14-15-16-21-25-28-31-38-47-54-62-78(83)95-74(66-89-76(81)60-53-46-41-40-43-50-57-70(5)6)68-93-97(86,87)91-64-72(79)63-90-96(84,85)92-67-73(65-88-75(80)59-52-45-37-34-33-35-42-49-56-69(3)4)94-77(82)61-55-48-39-32-29-26-23-20-18-17-19-22-24-27-30-36-44-51-58-71(7)9-2/h14-16,21,69-74,79H,8-13,17-20,22-68H2,1-7H3,(H,84,85)(H,86,87)/b15-14-,21-16-/t71?,72-,73-,74-/m1/s1. The van der Waals surface area contributed by atoms with Crippen LogP contribution in [0.15, 0.2) is 24.3 Å². The van der Waals surface area contributed by atoms with E-state index in [1.165, 1.54) is 167 Å². The third-order valence-corrected chi connectivity index (χ3v) is 19.8. The molecule has 0 bridgehead atoms. The summed E-state index contributed by atoms with van der Waals surface area (Å²) in [6.45, 7) is 11.8. The highest BCUT2D eigenvalue weighted by atomic mass is 31.2. The van der Waals surface area contributed by atoms with E-state index in [-0.39, 0.29) is 25.7 Å². The zero-order chi connectivity index (χ0) is 71.6. The van der Waals surface area contributed by atoms with Crippen molar-refractivity contribution < 1.29 is 80.2 Å². The van der Waals surface area contributed by atoms with Crippen molar-refractivity contribution in [3.63, 3.8) is 0 Å². The van der Waals surface area contributed by atoms with Crippen molar-refractivity contribution in [3.05, 3.63) is 24.3 Å². The summed E-state index contributed by atoms with van der Waals surface area (Å²) in [5.74, 6) is 0.120. The zero-order valence-electron chi connectivity index (χ0n) is 63.0. The molecule has 572 valence electrons. The van der Waals surface area contributed by atoms with Gasteiger partial charge in [-0.15, -0.1) is 0 Å². The summed E-state index contributed by atoms with van der Waals surface area (Å²) >= 11 is 0. The number of aliphatic hydroxyl groups excluding tert-OH is 1. The first-order valence-electron chi connectivity index (χ1n) is 39.7. The van der Waals surface area contributed by atoms with E-state index in [1.807, 2.05) is 0 Å². The lowest BCUT2D eigenvalue weighted by Gasteiger charge is -2.21. The van der Waals surface area contributed by atoms with Crippen LogP contribution in [0.1, 0.15) is 376 Å². The summed E-state index contributed by atoms with van der Waals surface area (Å²) in [5.41, 5.74) is 0. The third kappa shape index (κ3) is 70.4. The molecule has 0 saturated carbocycles. The minimum atomic E-state index is -4.96. The maximum atomic E-state index is 13.1. The molecule has 0 aromatic rings. The topological polar surface area (TPSA) is 237 Å². The smallest absolute Gasteiger partial charge is 0.462 e. The van der Waals surface area contributed by atoms with Crippen molar-refractivity contribution in [1.29, 1.82) is 0 Å². The van der Waals surface area contributed by atoms with E-state index in [2.05, 4.69) is 72.8 Å². The Morgan fingerprint density at radius 3 is 0.918 bits per heavy atom. The van der Waals surface area contributed by atoms with Crippen LogP contribution in [0.2, 0.25) is 0 Å². The molecule has 0 aromatic carbocycles. The minimum absolute atomic E-state index is 0.0837. The first kappa shape index (κ1) is 94.5. The highest BCUT2D eigenvalue weighted by Gasteiger charge is 2.30. The Balaban J connectivity index is 5.20. The third-order valence-electron chi connectivity index (χ3n) is 17.9. The molecule has 3 unspecified atom stereocenters. The fourth-order valence-electron chi connectivity index (χ4n) is 11.4. The highest BCUT2D eigenvalue weighted by Crippen LogP contribution is 2.45. The maximum Gasteiger partial charge on any atom is 0.472 e. The van der Waals surface area contributed by atoms with Crippen molar-refractivity contribution in [2.24, 2.45) is 17.8 Å². The average Bonchev–Trinajstić information content (AvgIpc) is 1.69. The van der Waals surface area contributed by atoms with Crippen molar-refractivity contribution in [2.45, 2.75) is 394 Å². The molecule has 0 rings (SSSR count). The number of ether oxygens (including phenoxy) is 4. The van der Waals surface area contributed by atoms with E-state index in [9.17, 15) is 43.2 Å². The minimum Gasteiger partial charge on any atom is -0.462 e. The van der Waals surface area contributed by atoms with Gasteiger partial charge in [-0.2, -0.15) is 0 Å². The number of rotatable bonds is 74. The zero-order valence-corrected chi connectivity index (χ0v) is 64.8. The van der Waals surface area contributed by atoms with Gasteiger partial charge in [-0.25, -0.2) is 9.13 Å². The Morgan fingerprint density at radius 1 is 0.340 bits per heavy atom. The van der Waals surface area contributed by atoms with Crippen molar-refractivity contribution in [3.8, 4) is 0 Å². The predicted octanol–water partition coefficient (Wildman–Crippen LogP) is 22.5. The van der Waals surface area contributed by atoms with Gasteiger partial charge in [0.15, 0.2) is 12.2 Å². The highest BCUT2D eigenvalue weighted by molar-refractivity contribution is 7.47. The van der Waals surface area contributed by atoms with Crippen LogP contribution < -0.4 is 0 Å². The largest absolute Gasteiger partial charge is 0.472 e. The van der Waals surface area contributed by atoms with Crippen molar-refractivity contribution >= 4 is 39.5 Å². The molecular formula is C78H148O17P2. The van der Waals surface area contributed by atoms with Crippen LogP contribution in [0.3, 0.4) is 0 Å². The first-order valence-corrected chi connectivity index (χ1v) is 42.7. The molecule has 0 fully saturated rings. The Hall–Kier alpha value is -2.46. The molecule has 17 nitrogen and oxygen atoms in total. The second-order valence-corrected chi connectivity index (χ2v) is 31.5. The van der Waals surface area contributed by atoms with Crippen LogP contribution in [0, 0.1) is 17.8 Å². The molecular weight excluding hydrogens is 1270 g/mol. The molecule has 0 saturated heterocycles. The van der Waals surface area contributed by atoms with E-state index in [4.69, 9.17) is 37.0 Å². The van der Waals surface area contributed by atoms with Gasteiger partial charge in [0.05, 0.1) is 26.4 Å². The Labute approximate surface area is 592 Å². The van der Waals surface area contributed by atoms with E-state index in [0.29, 0.717) is 31.6 Å². The molecule has 0 aliphatic heterocycles. The number of hydrogen-bond donors (Lipinski definition) is 3. The number of allylic oxidation sites excluding steroid dienone is 4. The number of carbonyl (C=O) groups is 4. The Morgan fingerprint density at radius 2 is 0.608 bits per heavy atom. The van der Waals surface area contributed by atoms with Gasteiger partial charge in [0.1, 0.15) is 19.3 Å². The monoisotopic (exact) mass is 1420 g/mol. The van der Waals surface area contributed by atoms with Crippen LogP contribution >= 0.6 is 15.6 Å². The number of aliphatic hydroxyl groups is 1. The van der Waals surface area contributed by atoms with Gasteiger partial charge in [-0.1, -0.05) is 323 Å². The predicted molar refractivity (Wildman–Crippen MR) is 395 cm³/mol. The van der Waals surface area contributed by atoms with Gasteiger partial charge in [-0.3, -0.25) is 37.3 Å². The summed E-state index contributed by atoms with van der Waals surface area (Å²) in [6.07, 6.45) is 58.0. The van der Waals surface area contributed by atoms with Crippen LogP contribution in [0.4, 0.5) is 0 Å². The number of hydrogen-bond acceptors (Lipinski definition) is 15. The van der Waals surface area contributed by atoms with E-state index in [0.717, 1.165) is 121 Å². The number of phosphoric acid groups is 2. The van der Waals surface area contributed by atoms with Gasteiger partial charge in [0.25, 0.3) is 0 Å². The van der Waals surface area contributed by atoms with Crippen LogP contribution in [-0.2, 0) is 65.4 Å². The molecule has 6 atom stereocenters. The van der Waals surface area contributed by atoms with Gasteiger partial charge >= 0.3 is 39.5 Å². The maximum absolute atomic E-state index is 13.1. The fraction of sp³-hybridized carbons (Fsp3) is 0.897. The fourth-order valence-corrected chi connectivity index (χ4v) is 13.0. The molecule has 3 N–H and O–H groups in total. The summed E-state index contributed by atoms with van der Waals surface area (Å²) < 4.78 is 68.5. The summed E-state index contributed by atoms with van der Waals surface area (Å²) in [7, 11) is -9.93. The molecule has 97 heavy (non-hydrogen) atoms. The Bertz CT molecular complexity index is 1980. The van der Waals surface area contributed by atoms with Crippen LogP contribution in [-0.4, -0.2) is 96.7 Å². The van der Waals surface area contributed by atoms with Crippen molar-refractivity contribution in [1.82, 2.24) is 0 Å². The number of carbonyl (C=O) groups excluding carboxylic acids is 4. The molecule has 0 aliphatic rings. The number of unbranched alkanes of at least 4 members (excludes halogenated alkanes) is 38. The molecule has 19 heteroatoms. The SMILES string of the molecule is CCCCCC/C=C\C=C/CCCCCCCC(=O)O[C@H](COC(=O)CCCCCCCCC(C)C)COP(=O)(O)OC[C@H](O)COP(=O)(O)OC[C@@H](COC(=O)CCCCCCCCCCC(C)C)OC(=O)CCCCCCCCCCCCCCCCCCCCC(C)CC.